The van der Waals surface area contributed by atoms with Crippen LogP contribution in [-0.4, -0.2) is 27.3 Å². The van der Waals surface area contributed by atoms with Crippen molar-refractivity contribution >= 4 is 23.0 Å². The van der Waals surface area contributed by atoms with Crippen molar-refractivity contribution in [3.8, 4) is 0 Å². The van der Waals surface area contributed by atoms with Gasteiger partial charge in [-0.25, -0.2) is 9.78 Å². The molecule has 3 rings (SSSR count). The quantitative estimate of drug-likeness (QED) is 0.439. The number of ether oxygens (including phenoxy) is 1. The van der Waals surface area contributed by atoms with Gasteiger partial charge in [-0.2, -0.15) is 0 Å². The standard InChI is InChI=1S/C16H14N4O4/c1-17-13-6-5-11(8-14(13)20(22)23)16(21)24-10-12-9-19-7-3-2-4-15(19)18-12/h2-9,17H,10H2,1H3. The van der Waals surface area contributed by atoms with E-state index in [1.165, 1.54) is 18.2 Å². The highest BCUT2D eigenvalue weighted by Gasteiger charge is 2.18. The molecule has 8 nitrogen and oxygen atoms in total. The van der Waals surface area contributed by atoms with E-state index in [0.717, 1.165) is 5.65 Å². The number of hydrogen-bond acceptors (Lipinski definition) is 6. The molecule has 0 aliphatic heterocycles. The number of fused-ring (bicyclic) bond motifs is 1. The number of imidazole rings is 1. The van der Waals surface area contributed by atoms with Crippen LogP contribution >= 0.6 is 0 Å². The smallest absolute Gasteiger partial charge is 0.338 e. The van der Waals surface area contributed by atoms with E-state index in [4.69, 9.17) is 4.74 Å². The van der Waals surface area contributed by atoms with Gasteiger partial charge in [0, 0.05) is 25.5 Å². The molecule has 0 spiro atoms. The zero-order chi connectivity index (χ0) is 17.1. The number of nitrogens with zero attached hydrogens (tertiary/aromatic N) is 3. The number of nitro groups is 1. The maximum Gasteiger partial charge on any atom is 0.338 e. The minimum Gasteiger partial charge on any atom is -0.456 e. The second kappa shape index (κ2) is 6.37. The number of nitrogens with one attached hydrogen (secondary N) is 1. The summed E-state index contributed by atoms with van der Waals surface area (Å²) in [6.07, 6.45) is 3.60. The number of aromatic nitrogens is 2. The summed E-state index contributed by atoms with van der Waals surface area (Å²) in [5, 5.41) is 13.7. The molecule has 122 valence electrons. The van der Waals surface area contributed by atoms with Gasteiger partial charge in [-0.1, -0.05) is 6.07 Å². The molecule has 0 aliphatic carbocycles. The zero-order valence-corrected chi connectivity index (χ0v) is 12.8. The van der Waals surface area contributed by atoms with E-state index < -0.39 is 10.9 Å². The molecular formula is C16H14N4O4. The van der Waals surface area contributed by atoms with Crippen LogP contribution in [0.5, 0.6) is 0 Å². The van der Waals surface area contributed by atoms with Crippen molar-refractivity contribution in [2.24, 2.45) is 0 Å². The van der Waals surface area contributed by atoms with Gasteiger partial charge < -0.3 is 14.5 Å². The Morgan fingerprint density at radius 1 is 1.38 bits per heavy atom. The van der Waals surface area contributed by atoms with E-state index in [2.05, 4.69) is 10.3 Å². The number of nitro benzene ring substituents is 1. The van der Waals surface area contributed by atoms with Gasteiger partial charge in [0.25, 0.3) is 5.69 Å². The average molecular weight is 326 g/mol. The van der Waals surface area contributed by atoms with Gasteiger partial charge in [0.1, 0.15) is 17.9 Å². The predicted molar refractivity (Wildman–Crippen MR) is 87.0 cm³/mol. The lowest BCUT2D eigenvalue weighted by Crippen LogP contribution is -2.07. The van der Waals surface area contributed by atoms with Crippen LogP contribution in [0.15, 0.2) is 48.8 Å². The summed E-state index contributed by atoms with van der Waals surface area (Å²) in [5.74, 6) is -0.641. The highest BCUT2D eigenvalue weighted by molar-refractivity contribution is 5.91. The highest BCUT2D eigenvalue weighted by Crippen LogP contribution is 2.25. The summed E-state index contributed by atoms with van der Waals surface area (Å²) in [6, 6.07) is 9.71. The minimum absolute atomic E-state index is 0.0118. The zero-order valence-electron chi connectivity index (χ0n) is 12.8. The lowest BCUT2D eigenvalue weighted by Gasteiger charge is -2.05. The van der Waals surface area contributed by atoms with Crippen molar-refractivity contribution < 1.29 is 14.5 Å². The summed E-state index contributed by atoms with van der Waals surface area (Å²) in [4.78, 5) is 26.9. The molecule has 3 aromatic rings. The Kier molecular flexibility index (Phi) is 4.11. The molecule has 2 heterocycles. The summed E-state index contributed by atoms with van der Waals surface area (Å²) in [6.45, 7) is -0.0118. The Bertz CT molecular complexity index is 886. The molecule has 0 unspecified atom stereocenters. The number of pyridine rings is 1. The van der Waals surface area contributed by atoms with Gasteiger partial charge in [-0.15, -0.1) is 0 Å². The molecule has 0 bridgehead atoms. The van der Waals surface area contributed by atoms with Crippen molar-refractivity contribution in [1.82, 2.24) is 9.38 Å². The second-order valence-electron chi connectivity index (χ2n) is 5.01. The number of benzene rings is 1. The Morgan fingerprint density at radius 3 is 2.92 bits per heavy atom. The Balaban J connectivity index is 1.75. The van der Waals surface area contributed by atoms with Crippen LogP contribution in [0.4, 0.5) is 11.4 Å². The first kappa shape index (κ1) is 15.5. The third-order valence-corrected chi connectivity index (χ3v) is 3.46. The Morgan fingerprint density at radius 2 is 2.21 bits per heavy atom. The molecule has 0 amide bonds. The normalized spacial score (nSPS) is 10.5. The van der Waals surface area contributed by atoms with Crippen molar-refractivity contribution in [3.63, 3.8) is 0 Å². The lowest BCUT2D eigenvalue weighted by molar-refractivity contribution is -0.384. The fraction of sp³-hybridized carbons (Fsp3) is 0.125. The molecule has 0 aliphatic rings. The molecule has 0 atom stereocenters. The fourth-order valence-corrected chi connectivity index (χ4v) is 2.30. The maximum atomic E-state index is 12.1. The number of esters is 1. The SMILES string of the molecule is CNc1ccc(C(=O)OCc2cn3ccccc3n2)cc1[N+](=O)[O-]. The summed E-state index contributed by atoms with van der Waals surface area (Å²) in [7, 11) is 1.57. The number of rotatable bonds is 5. The van der Waals surface area contributed by atoms with E-state index in [0.29, 0.717) is 11.4 Å². The Hall–Kier alpha value is -3.42. The number of anilines is 1. The van der Waals surface area contributed by atoms with E-state index >= 15 is 0 Å². The van der Waals surface area contributed by atoms with Crippen molar-refractivity contribution in [2.75, 3.05) is 12.4 Å². The number of hydrogen-bond donors (Lipinski definition) is 1. The summed E-state index contributed by atoms with van der Waals surface area (Å²) in [5.41, 5.74) is 1.61. The van der Waals surface area contributed by atoms with Crippen LogP contribution in [0.3, 0.4) is 0 Å². The molecule has 2 aromatic heterocycles. The molecule has 1 aromatic carbocycles. The monoisotopic (exact) mass is 326 g/mol. The van der Waals surface area contributed by atoms with Gasteiger partial charge in [0.05, 0.1) is 16.2 Å². The first-order chi connectivity index (χ1) is 11.6. The summed E-state index contributed by atoms with van der Waals surface area (Å²) < 4.78 is 7.01. The molecule has 0 saturated heterocycles. The molecule has 1 N–H and O–H groups in total. The van der Waals surface area contributed by atoms with Crippen LogP contribution in [0, 0.1) is 10.1 Å². The Labute approximate surface area is 136 Å². The molecule has 0 fully saturated rings. The third kappa shape index (κ3) is 3.02. The van der Waals surface area contributed by atoms with Crippen LogP contribution in [0.25, 0.3) is 5.65 Å². The van der Waals surface area contributed by atoms with E-state index in [1.54, 1.807) is 13.2 Å². The van der Waals surface area contributed by atoms with Gasteiger partial charge in [-0.3, -0.25) is 10.1 Å². The van der Waals surface area contributed by atoms with E-state index in [9.17, 15) is 14.9 Å². The molecule has 24 heavy (non-hydrogen) atoms. The van der Waals surface area contributed by atoms with Gasteiger partial charge >= 0.3 is 5.97 Å². The van der Waals surface area contributed by atoms with Crippen molar-refractivity contribution in [2.45, 2.75) is 6.61 Å². The molecular weight excluding hydrogens is 312 g/mol. The van der Waals surface area contributed by atoms with Crippen LogP contribution in [-0.2, 0) is 11.3 Å². The lowest BCUT2D eigenvalue weighted by atomic mass is 10.1. The van der Waals surface area contributed by atoms with Crippen LogP contribution in [0.1, 0.15) is 16.1 Å². The maximum absolute atomic E-state index is 12.1. The topological polar surface area (TPSA) is 98.8 Å². The molecule has 8 heteroatoms. The predicted octanol–water partition coefficient (Wildman–Crippen LogP) is 2.64. The average Bonchev–Trinajstić information content (AvgIpc) is 3.02. The van der Waals surface area contributed by atoms with E-state index in [1.807, 2.05) is 28.8 Å². The van der Waals surface area contributed by atoms with Gasteiger partial charge in [0.2, 0.25) is 0 Å². The van der Waals surface area contributed by atoms with Crippen LogP contribution in [0.2, 0.25) is 0 Å². The van der Waals surface area contributed by atoms with Crippen molar-refractivity contribution in [1.29, 1.82) is 0 Å². The molecule has 0 saturated carbocycles. The second-order valence-corrected chi connectivity index (χ2v) is 5.01. The van der Waals surface area contributed by atoms with E-state index in [-0.39, 0.29) is 17.9 Å². The van der Waals surface area contributed by atoms with Crippen LogP contribution < -0.4 is 5.32 Å². The number of carbonyl (C=O) groups excluding carboxylic acids is 1. The summed E-state index contributed by atoms with van der Waals surface area (Å²) >= 11 is 0. The highest BCUT2D eigenvalue weighted by atomic mass is 16.6. The molecule has 0 radical (unpaired) electrons. The number of carbonyl (C=O) groups is 1. The largest absolute Gasteiger partial charge is 0.456 e. The van der Waals surface area contributed by atoms with Crippen molar-refractivity contribution in [3.05, 3.63) is 70.2 Å². The first-order valence-corrected chi connectivity index (χ1v) is 7.14. The van der Waals surface area contributed by atoms with Gasteiger partial charge in [0.15, 0.2) is 0 Å². The third-order valence-electron chi connectivity index (χ3n) is 3.46. The fourth-order valence-electron chi connectivity index (χ4n) is 2.30. The van der Waals surface area contributed by atoms with Gasteiger partial charge in [-0.05, 0) is 24.3 Å². The minimum atomic E-state index is -0.641. The first-order valence-electron chi connectivity index (χ1n) is 7.14.